The van der Waals surface area contributed by atoms with E-state index in [1.54, 1.807) is 12.1 Å². The zero-order valence-corrected chi connectivity index (χ0v) is 11.7. The quantitative estimate of drug-likeness (QED) is 0.538. The van der Waals surface area contributed by atoms with Gasteiger partial charge in [-0.05, 0) is 25.0 Å². The Labute approximate surface area is 123 Å². The van der Waals surface area contributed by atoms with Crippen LogP contribution < -0.4 is 10.1 Å². The third-order valence-corrected chi connectivity index (χ3v) is 3.38. The van der Waals surface area contributed by atoms with Crippen LogP contribution >= 0.6 is 0 Å². The third-order valence-electron chi connectivity index (χ3n) is 3.38. The van der Waals surface area contributed by atoms with E-state index in [9.17, 15) is 9.59 Å². The second-order valence-corrected chi connectivity index (χ2v) is 4.84. The summed E-state index contributed by atoms with van der Waals surface area (Å²) in [6.45, 7) is 0.0596. The molecule has 1 fully saturated rings. The molecule has 2 rings (SSSR count). The van der Waals surface area contributed by atoms with Gasteiger partial charge in [-0.1, -0.05) is 18.2 Å². The van der Waals surface area contributed by atoms with Gasteiger partial charge in [0.25, 0.3) is 0 Å². The number of para-hydroxylation sites is 1. The van der Waals surface area contributed by atoms with Gasteiger partial charge in [-0.3, -0.25) is 4.79 Å². The number of benzene rings is 1. The molecule has 0 bridgehead atoms. The molecule has 2 atom stereocenters. The molecule has 6 nitrogen and oxygen atoms in total. The number of β-lactam (4-membered cyclic amide) rings is 1. The van der Waals surface area contributed by atoms with E-state index in [4.69, 9.17) is 14.6 Å². The molecule has 0 radical (unpaired) electrons. The minimum Gasteiger partial charge on any atom is -0.482 e. The van der Waals surface area contributed by atoms with E-state index in [1.807, 2.05) is 18.2 Å². The summed E-state index contributed by atoms with van der Waals surface area (Å²) in [7, 11) is 0. The predicted molar refractivity (Wildman–Crippen MR) is 74.6 cm³/mol. The molecule has 0 aromatic heterocycles. The normalized spacial score (nSPS) is 20.3. The molecule has 1 heterocycles. The van der Waals surface area contributed by atoms with Crippen molar-refractivity contribution in [1.29, 1.82) is 0 Å². The van der Waals surface area contributed by atoms with Crippen molar-refractivity contribution in [2.75, 3.05) is 19.8 Å². The largest absolute Gasteiger partial charge is 0.482 e. The minimum atomic E-state index is -0.461. The lowest BCUT2D eigenvalue weighted by Gasteiger charge is -2.36. The highest BCUT2D eigenvalue weighted by Gasteiger charge is 2.38. The molecule has 6 heteroatoms. The Bertz CT molecular complexity index is 476. The summed E-state index contributed by atoms with van der Waals surface area (Å²) >= 11 is 0. The van der Waals surface area contributed by atoms with Gasteiger partial charge in [0, 0.05) is 12.6 Å². The monoisotopic (exact) mass is 293 g/mol. The van der Waals surface area contributed by atoms with Crippen molar-refractivity contribution < 1.29 is 24.2 Å². The standard InChI is InChI=1S/C15H19NO5/c17-8-6-13-12(15(19)16-13)7-9-20-14(18)10-21-11-4-2-1-3-5-11/h1-5,12-13,17H,6-10H2,(H,16,19)/t12-,13-/m1/s1. The maximum atomic E-state index is 11.5. The van der Waals surface area contributed by atoms with Crippen LogP contribution in [-0.4, -0.2) is 42.8 Å². The number of ether oxygens (including phenoxy) is 2. The molecule has 1 aromatic rings. The van der Waals surface area contributed by atoms with Crippen LogP contribution in [0, 0.1) is 5.92 Å². The molecular formula is C15H19NO5. The Morgan fingerprint density at radius 2 is 2.00 bits per heavy atom. The summed E-state index contributed by atoms with van der Waals surface area (Å²) in [5.41, 5.74) is 0. The molecule has 1 saturated heterocycles. The molecule has 1 aliphatic rings. The summed E-state index contributed by atoms with van der Waals surface area (Å²) in [6, 6.07) is 8.99. The SMILES string of the molecule is O=C(COc1ccccc1)OCC[C@H]1C(=O)N[C@@H]1CCO. The highest BCUT2D eigenvalue weighted by atomic mass is 16.6. The van der Waals surface area contributed by atoms with E-state index in [0.717, 1.165) is 0 Å². The highest BCUT2D eigenvalue weighted by Crippen LogP contribution is 2.21. The number of nitrogens with one attached hydrogen (secondary N) is 1. The number of hydrogen-bond donors (Lipinski definition) is 2. The van der Waals surface area contributed by atoms with Crippen LogP contribution in [0.3, 0.4) is 0 Å². The summed E-state index contributed by atoms with van der Waals surface area (Å²) in [4.78, 5) is 22.8. The number of hydrogen-bond acceptors (Lipinski definition) is 5. The molecule has 0 saturated carbocycles. The van der Waals surface area contributed by atoms with Gasteiger partial charge in [-0.25, -0.2) is 4.79 Å². The van der Waals surface area contributed by atoms with Crippen LogP contribution in [0.2, 0.25) is 0 Å². The molecule has 0 spiro atoms. The fourth-order valence-electron chi connectivity index (χ4n) is 2.22. The zero-order valence-electron chi connectivity index (χ0n) is 11.7. The molecule has 2 N–H and O–H groups in total. The van der Waals surface area contributed by atoms with E-state index < -0.39 is 5.97 Å². The first-order valence-electron chi connectivity index (χ1n) is 6.95. The fourth-order valence-corrected chi connectivity index (χ4v) is 2.22. The van der Waals surface area contributed by atoms with Gasteiger partial charge in [0.1, 0.15) is 5.75 Å². The van der Waals surface area contributed by atoms with Gasteiger partial charge in [-0.15, -0.1) is 0 Å². The number of rotatable bonds is 8. The van der Waals surface area contributed by atoms with Crippen molar-refractivity contribution in [2.24, 2.45) is 5.92 Å². The number of aliphatic hydroxyl groups excluding tert-OH is 1. The number of carbonyl (C=O) groups excluding carboxylic acids is 2. The van der Waals surface area contributed by atoms with Crippen molar-refractivity contribution >= 4 is 11.9 Å². The third kappa shape index (κ3) is 4.46. The molecule has 0 aliphatic carbocycles. The van der Waals surface area contributed by atoms with E-state index in [1.165, 1.54) is 0 Å². The maximum absolute atomic E-state index is 11.5. The molecule has 114 valence electrons. The number of aliphatic hydroxyl groups is 1. The van der Waals surface area contributed by atoms with E-state index in [-0.39, 0.29) is 37.7 Å². The van der Waals surface area contributed by atoms with Crippen molar-refractivity contribution in [1.82, 2.24) is 5.32 Å². The fraction of sp³-hybridized carbons (Fsp3) is 0.467. The van der Waals surface area contributed by atoms with Crippen LogP contribution in [-0.2, 0) is 14.3 Å². The summed E-state index contributed by atoms with van der Waals surface area (Å²) in [5, 5.41) is 11.6. The Balaban J connectivity index is 1.62. The molecule has 1 aliphatic heterocycles. The smallest absolute Gasteiger partial charge is 0.344 e. The van der Waals surface area contributed by atoms with Crippen LogP contribution in [0.15, 0.2) is 30.3 Å². The van der Waals surface area contributed by atoms with Gasteiger partial charge in [0.05, 0.1) is 12.5 Å². The Kier molecular flexibility index (Phi) is 5.57. The lowest BCUT2D eigenvalue weighted by molar-refractivity contribution is -0.148. The second kappa shape index (κ2) is 7.64. The van der Waals surface area contributed by atoms with Crippen LogP contribution in [0.1, 0.15) is 12.8 Å². The number of carbonyl (C=O) groups is 2. The van der Waals surface area contributed by atoms with Gasteiger partial charge in [0.2, 0.25) is 5.91 Å². The molecule has 1 aromatic carbocycles. The average Bonchev–Trinajstić information content (AvgIpc) is 2.50. The molecule has 21 heavy (non-hydrogen) atoms. The van der Waals surface area contributed by atoms with Crippen molar-refractivity contribution in [2.45, 2.75) is 18.9 Å². The van der Waals surface area contributed by atoms with Gasteiger partial charge >= 0.3 is 5.97 Å². The van der Waals surface area contributed by atoms with Gasteiger partial charge in [-0.2, -0.15) is 0 Å². The van der Waals surface area contributed by atoms with Crippen molar-refractivity contribution in [3.8, 4) is 5.75 Å². The molecular weight excluding hydrogens is 274 g/mol. The van der Waals surface area contributed by atoms with E-state index in [0.29, 0.717) is 18.6 Å². The number of esters is 1. The van der Waals surface area contributed by atoms with Crippen molar-refractivity contribution in [3.05, 3.63) is 30.3 Å². The van der Waals surface area contributed by atoms with Crippen LogP contribution in [0.25, 0.3) is 0 Å². The number of amides is 1. The first-order chi connectivity index (χ1) is 10.2. The topological polar surface area (TPSA) is 84.9 Å². The first-order valence-corrected chi connectivity index (χ1v) is 6.95. The van der Waals surface area contributed by atoms with Crippen LogP contribution in [0.5, 0.6) is 5.75 Å². The Morgan fingerprint density at radius 3 is 2.67 bits per heavy atom. The highest BCUT2D eigenvalue weighted by molar-refractivity contribution is 5.85. The molecule has 1 amide bonds. The maximum Gasteiger partial charge on any atom is 0.344 e. The van der Waals surface area contributed by atoms with Gasteiger partial charge < -0.3 is 19.9 Å². The second-order valence-electron chi connectivity index (χ2n) is 4.84. The average molecular weight is 293 g/mol. The Hall–Kier alpha value is -2.08. The van der Waals surface area contributed by atoms with E-state index >= 15 is 0 Å². The lowest BCUT2D eigenvalue weighted by Crippen LogP contribution is -2.58. The van der Waals surface area contributed by atoms with E-state index in [2.05, 4.69) is 5.32 Å². The molecule has 0 unspecified atom stereocenters. The van der Waals surface area contributed by atoms with Gasteiger partial charge in [0.15, 0.2) is 6.61 Å². The van der Waals surface area contributed by atoms with Crippen molar-refractivity contribution in [3.63, 3.8) is 0 Å². The summed E-state index contributed by atoms with van der Waals surface area (Å²) < 4.78 is 10.3. The predicted octanol–water partition coefficient (Wildman–Crippen LogP) is 0.496. The Morgan fingerprint density at radius 1 is 1.24 bits per heavy atom. The minimum absolute atomic E-state index is 0.0122. The van der Waals surface area contributed by atoms with Crippen LogP contribution in [0.4, 0.5) is 0 Å². The summed E-state index contributed by atoms with van der Waals surface area (Å²) in [6.07, 6.45) is 0.995. The summed E-state index contributed by atoms with van der Waals surface area (Å²) in [5.74, 6) is -0.0850. The lowest BCUT2D eigenvalue weighted by atomic mass is 9.86. The zero-order chi connectivity index (χ0) is 15.1. The first kappa shape index (κ1) is 15.3.